The molecule has 2 aromatic carbocycles. The summed E-state index contributed by atoms with van der Waals surface area (Å²) in [7, 11) is 0. The maximum Gasteiger partial charge on any atom is 0.328 e. The summed E-state index contributed by atoms with van der Waals surface area (Å²) in [4.78, 5) is 25.3. The lowest BCUT2D eigenvalue weighted by Crippen LogP contribution is -2.43. The Bertz CT molecular complexity index is 913. The van der Waals surface area contributed by atoms with Crippen LogP contribution in [0.15, 0.2) is 36.4 Å². The fourth-order valence-corrected chi connectivity index (χ4v) is 3.58. The summed E-state index contributed by atoms with van der Waals surface area (Å²) in [6.07, 6.45) is 2.72. The van der Waals surface area contributed by atoms with E-state index in [0.29, 0.717) is 13.2 Å². The zero-order valence-electron chi connectivity index (χ0n) is 18.3. The third kappa shape index (κ3) is 8.59. The molecule has 0 radical (unpaired) electrons. The second-order valence-corrected chi connectivity index (χ2v) is 7.85. The molecule has 0 aromatic heterocycles. The number of hydrogen-bond donors (Lipinski definition) is 3. The summed E-state index contributed by atoms with van der Waals surface area (Å²) in [5, 5.41) is 13.0. The molecule has 1 atom stereocenters. The molecule has 0 saturated carbocycles. The molecule has 0 fully saturated rings. The largest absolute Gasteiger partial charge is 0.505 e. The van der Waals surface area contributed by atoms with Crippen LogP contribution in [-0.2, 0) is 16.0 Å². The number of nitrogens with two attached hydrogens (primary N) is 1. The zero-order valence-corrected chi connectivity index (χ0v) is 20.6. The summed E-state index contributed by atoms with van der Waals surface area (Å²) >= 11 is 12.5. The average Bonchev–Trinajstić information content (AvgIpc) is 2.78. The SMILES string of the molecule is CCOC(=O)[C@@H](Cc1ccccc1)NC(=O)c1cc(Cl)c(OCCCCCN)c(Cl)c1O.Cl. The second kappa shape index (κ2) is 14.9. The number of aromatic hydroxyl groups is 1. The number of carbonyl (C=O) groups excluding carboxylic acids is 2. The van der Waals surface area contributed by atoms with Gasteiger partial charge in [0.25, 0.3) is 5.91 Å². The van der Waals surface area contributed by atoms with Crippen molar-refractivity contribution in [3.05, 3.63) is 57.6 Å². The minimum Gasteiger partial charge on any atom is -0.505 e. The van der Waals surface area contributed by atoms with Crippen LogP contribution in [0.4, 0.5) is 0 Å². The van der Waals surface area contributed by atoms with Crippen LogP contribution in [0.5, 0.6) is 11.5 Å². The molecule has 4 N–H and O–H groups in total. The molecule has 2 aromatic rings. The minimum atomic E-state index is -0.958. The van der Waals surface area contributed by atoms with Crippen molar-refractivity contribution < 1.29 is 24.2 Å². The van der Waals surface area contributed by atoms with E-state index in [4.69, 9.17) is 38.4 Å². The number of unbranched alkanes of at least 4 members (excludes halogenated alkanes) is 2. The number of rotatable bonds is 12. The summed E-state index contributed by atoms with van der Waals surface area (Å²) in [5.74, 6) is -1.68. The molecular formula is C23H29Cl3N2O5. The van der Waals surface area contributed by atoms with Gasteiger partial charge in [0, 0.05) is 6.42 Å². The molecule has 1 amide bonds. The lowest BCUT2D eigenvalue weighted by Gasteiger charge is -2.19. The number of benzene rings is 2. The first-order valence-electron chi connectivity index (χ1n) is 10.4. The predicted molar refractivity (Wildman–Crippen MR) is 132 cm³/mol. The maximum atomic E-state index is 12.9. The highest BCUT2D eigenvalue weighted by Gasteiger charge is 2.27. The van der Waals surface area contributed by atoms with Gasteiger partial charge in [0.2, 0.25) is 0 Å². The van der Waals surface area contributed by atoms with Crippen molar-refractivity contribution in [2.45, 2.75) is 38.6 Å². The fourth-order valence-electron chi connectivity index (χ4n) is 3.02. The van der Waals surface area contributed by atoms with Gasteiger partial charge in [-0.2, -0.15) is 0 Å². The van der Waals surface area contributed by atoms with Gasteiger partial charge < -0.3 is 25.6 Å². The number of phenolic OH excluding ortho intramolecular Hbond substituents is 1. The first-order chi connectivity index (χ1) is 15.4. The Morgan fingerprint density at radius 1 is 1.15 bits per heavy atom. The molecule has 182 valence electrons. The van der Waals surface area contributed by atoms with Gasteiger partial charge in [0.05, 0.1) is 23.8 Å². The minimum absolute atomic E-state index is 0. The van der Waals surface area contributed by atoms with E-state index < -0.39 is 23.7 Å². The highest BCUT2D eigenvalue weighted by molar-refractivity contribution is 6.39. The van der Waals surface area contributed by atoms with Crippen LogP contribution in [0.25, 0.3) is 0 Å². The third-order valence-electron chi connectivity index (χ3n) is 4.65. The summed E-state index contributed by atoms with van der Waals surface area (Å²) in [6, 6.07) is 9.50. The van der Waals surface area contributed by atoms with E-state index in [1.165, 1.54) is 6.07 Å². The van der Waals surface area contributed by atoms with Gasteiger partial charge in [-0.15, -0.1) is 12.4 Å². The van der Waals surface area contributed by atoms with Crippen molar-refractivity contribution in [2.75, 3.05) is 19.8 Å². The number of phenols is 1. The number of halogens is 3. The van der Waals surface area contributed by atoms with Gasteiger partial charge >= 0.3 is 5.97 Å². The van der Waals surface area contributed by atoms with E-state index in [1.54, 1.807) is 6.92 Å². The van der Waals surface area contributed by atoms with Gasteiger partial charge in [-0.3, -0.25) is 4.79 Å². The Morgan fingerprint density at radius 2 is 1.85 bits per heavy atom. The molecule has 0 spiro atoms. The van der Waals surface area contributed by atoms with Crippen molar-refractivity contribution in [3.8, 4) is 11.5 Å². The Kier molecular flexibility index (Phi) is 13.0. The molecule has 2 rings (SSSR count). The first-order valence-corrected chi connectivity index (χ1v) is 11.2. The number of carbonyl (C=O) groups is 2. The van der Waals surface area contributed by atoms with Crippen molar-refractivity contribution in [1.82, 2.24) is 5.32 Å². The highest BCUT2D eigenvalue weighted by Crippen LogP contribution is 2.42. The number of hydrogen-bond acceptors (Lipinski definition) is 6. The molecule has 0 saturated heterocycles. The van der Waals surface area contributed by atoms with Crippen molar-refractivity contribution in [1.29, 1.82) is 0 Å². The monoisotopic (exact) mass is 518 g/mol. The second-order valence-electron chi connectivity index (χ2n) is 7.06. The van der Waals surface area contributed by atoms with E-state index in [0.717, 1.165) is 24.8 Å². The van der Waals surface area contributed by atoms with Crippen LogP contribution in [-0.4, -0.2) is 42.8 Å². The molecule has 7 nitrogen and oxygen atoms in total. The standard InChI is InChI=1S/C23H28Cl2N2O5.ClH/c1-2-31-23(30)18(13-15-9-5-3-6-10-15)27-22(29)16-14-17(24)21(19(25)20(16)28)32-12-8-4-7-11-26;/h3,5-6,9-10,14,18,28H,2,4,7-8,11-13,26H2,1H3,(H,27,29);1H/t18-;/m1./s1. The summed E-state index contributed by atoms with van der Waals surface area (Å²) < 4.78 is 10.7. The fraction of sp³-hybridized carbons (Fsp3) is 0.391. The van der Waals surface area contributed by atoms with Crippen LogP contribution < -0.4 is 15.8 Å². The van der Waals surface area contributed by atoms with Crippen LogP contribution in [0.2, 0.25) is 10.0 Å². The number of nitrogens with one attached hydrogen (secondary N) is 1. The van der Waals surface area contributed by atoms with Gasteiger partial charge in [0.1, 0.15) is 11.1 Å². The van der Waals surface area contributed by atoms with Gasteiger partial charge in [-0.1, -0.05) is 53.5 Å². The molecule has 0 aliphatic carbocycles. The first kappa shape index (κ1) is 28.8. The predicted octanol–water partition coefficient (Wildman–Crippen LogP) is 4.53. The third-order valence-corrected chi connectivity index (χ3v) is 5.28. The van der Waals surface area contributed by atoms with Gasteiger partial charge in [0.15, 0.2) is 11.5 Å². The number of amides is 1. The summed E-state index contributed by atoms with van der Waals surface area (Å²) in [5.41, 5.74) is 6.13. The van der Waals surface area contributed by atoms with Crippen molar-refractivity contribution >= 4 is 47.5 Å². The van der Waals surface area contributed by atoms with Crippen molar-refractivity contribution in [2.24, 2.45) is 5.73 Å². The average molecular weight is 520 g/mol. The topological polar surface area (TPSA) is 111 Å². The lowest BCUT2D eigenvalue weighted by atomic mass is 10.1. The molecule has 10 heteroatoms. The number of ether oxygens (including phenoxy) is 2. The molecule has 0 heterocycles. The van der Waals surface area contributed by atoms with Gasteiger partial charge in [-0.25, -0.2) is 4.79 Å². The van der Waals surface area contributed by atoms with Crippen molar-refractivity contribution in [3.63, 3.8) is 0 Å². The highest BCUT2D eigenvalue weighted by atomic mass is 35.5. The van der Waals surface area contributed by atoms with E-state index in [1.807, 2.05) is 30.3 Å². The van der Waals surface area contributed by atoms with Gasteiger partial charge in [-0.05, 0) is 44.4 Å². The Morgan fingerprint density at radius 3 is 2.48 bits per heavy atom. The molecule has 0 aliphatic heterocycles. The smallest absolute Gasteiger partial charge is 0.328 e. The molecule has 0 aliphatic rings. The Balaban J connectivity index is 0.00000544. The Labute approximate surface area is 209 Å². The van der Waals surface area contributed by atoms with Crippen LogP contribution >= 0.6 is 35.6 Å². The molecule has 0 bridgehead atoms. The molecular weight excluding hydrogens is 491 g/mol. The Hall–Kier alpha value is -2.19. The maximum absolute atomic E-state index is 12.9. The quantitative estimate of drug-likeness (QED) is 0.281. The zero-order chi connectivity index (χ0) is 23.5. The van der Waals surface area contributed by atoms with E-state index in [-0.39, 0.29) is 46.8 Å². The normalized spacial score (nSPS) is 11.3. The summed E-state index contributed by atoms with van der Waals surface area (Å²) in [6.45, 7) is 2.79. The molecule has 0 unspecified atom stereocenters. The number of esters is 1. The van der Waals surface area contributed by atoms with E-state index in [9.17, 15) is 14.7 Å². The molecule has 33 heavy (non-hydrogen) atoms. The van der Waals surface area contributed by atoms with Crippen LogP contribution in [0.1, 0.15) is 42.1 Å². The van der Waals surface area contributed by atoms with E-state index in [2.05, 4.69) is 5.32 Å². The van der Waals surface area contributed by atoms with E-state index >= 15 is 0 Å². The lowest BCUT2D eigenvalue weighted by molar-refractivity contribution is -0.145. The van der Waals surface area contributed by atoms with Crippen LogP contribution in [0.3, 0.4) is 0 Å². The van der Waals surface area contributed by atoms with Crippen LogP contribution in [0, 0.1) is 0 Å².